The molecule has 7 heteroatoms. The molecule has 0 amide bonds. The fraction of sp³-hybridized carbons (Fsp3) is 0.364. The van der Waals surface area contributed by atoms with E-state index in [9.17, 15) is 22.8 Å². The van der Waals surface area contributed by atoms with Crippen molar-refractivity contribution in [2.24, 2.45) is 0 Å². The average molecular weight is 259 g/mol. The summed E-state index contributed by atoms with van der Waals surface area (Å²) in [5.41, 5.74) is -2.39. The van der Waals surface area contributed by atoms with Crippen LogP contribution in [0.2, 0.25) is 0 Å². The molecule has 0 atom stereocenters. The number of carbonyl (C=O) groups is 2. The van der Waals surface area contributed by atoms with E-state index in [-0.39, 0.29) is 29.9 Å². The number of carboxylic acid groups (broad SMARTS) is 1. The Morgan fingerprint density at radius 1 is 1.33 bits per heavy atom. The SMILES string of the molecule is O=C1CCCc2nc(C(F)(F)F)c(C(=O)O)cc21. The topological polar surface area (TPSA) is 67.3 Å². The zero-order valence-corrected chi connectivity index (χ0v) is 9.04. The number of Topliss-reactive ketones (excluding diaryl/α,β-unsaturated/α-hetero) is 1. The van der Waals surface area contributed by atoms with Crippen molar-refractivity contribution in [2.75, 3.05) is 0 Å². The van der Waals surface area contributed by atoms with Crippen LogP contribution in [0.15, 0.2) is 6.07 Å². The van der Waals surface area contributed by atoms with E-state index in [1.807, 2.05) is 0 Å². The van der Waals surface area contributed by atoms with E-state index in [4.69, 9.17) is 5.11 Å². The van der Waals surface area contributed by atoms with E-state index >= 15 is 0 Å². The number of carboxylic acids is 1. The van der Waals surface area contributed by atoms with Gasteiger partial charge in [-0.15, -0.1) is 0 Å². The third-order valence-electron chi connectivity index (χ3n) is 2.72. The molecule has 0 bridgehead atoms. The largest absolute Gasteiger partial charge is 0.478 e. The van der Waals surface area contributed by atoms with Gasteiger partial charge in [0.05, 0.1) is 11.3 Å². The first kappa shape index (κ1) is 12.5. The molecule has 0 spiro atoms. The number of pyridine rings is 1. The second-order valence-corrected chi connectivity index (χ2v) is 3.96. The molecule has 1 heterocycles. The van der Waals surface area contributed by atoms with Crippen molar-refractivity contribution in [2.45, 2.75) is 25.4 Å². The molecule has 1 aromatic rings. The van der Waals surface area contributed by atoms with E-state index in [2.05, 4.69) is 4.98 Å². The first-order valence-electron chi connectivity index (χ1n) is 5.18. The number of aryl methyl sites for hydroxylation is 1. The lowest BCUT2D eigenvalue weighted by molar-refractivity contribution is -0.141. The number of aromatic nitrogens is 1. The van der Waals surface area contributed by atoms with Gasteiger partial charge in [0.2, 0.25) is 0 Å². The van der Waals surface area contributed by atoms with Crippen LogP contribution >= 0.6 is 0 Å². The molecule has 4 nitrogen and oxygen atoms in total. The number of fused-ring (bicyclic) bond motifs is 1. The molecule has 1 N–H and O–H groups in total. The Bertz CT molecular complexity index is 537. The summed E-state index contributed by atoms with van der Waals surface area (Å²) in [6, 6.07) is 0.787. The number of rotatable bonds is 1. The second kappa shape index (κ2) is 4.08. The molecule has 1 aliphatic rings. The van der Waals surface area contributed by atoms with Crippen LogP contribution in [-0.2, 0) is 12.6 Å². The standard InChI is InChI=1S/C11H8F3NO3/c12-11(13,14)9-6(10(17)18)4-5-7(15-9)2-1-3-8(5)16/h4H,1-3H2,(H,17,18). The second-order valence-electron chi connectivity index (χ2n) is 3.96. The summed E-state index contributed by atoms with van der Waals surface area (Å²) in [6.07, 6.45) is -3.95. The third kappa shape index (κ3) is 2.07. The highest BCUT2D eigenvalue weighted by Crippen LogP contribution is 2.33. The number of aromatic carboxylic acids is 1. The minimum Gasteiger partial charge on any atom is -0.478 e. The van der Waals surface area contributed by atoms with Gasteiger partial charge < -0.3 is 5.11 Å². The lowest BCUT2D eigenvalue weighted by atomic mass is 9.93. The van der Waals surface area contributed by atoms with Crippen molar-refractivity contribution >= 4 is 11.8 Å². The van der Waals surface area contributed by atoms with Gasteiger partial charge in [-0.05, 0) is 18.9 Å². The minimum absolute atomic E-state index is 0.00773. The van der Waals surface area contributed by atoms with Crippen molar-refractivity contribution in [1.29, 1.82) is 0 Å². The summed E-state index contributed by atoms with van der Waals surface area (Å²) in [4.78, 5) is 25.6. The highest BCUT2D eigenvalue weighted by atomic mass is 19.4. The minimum atomic E-state index is -4.84. The van der Waals surface area contributed by atoms with Gasteiger partial charge in [-0.1, -0.05) is 0 Å². The molecule has 0 unspecified atom stereocenters. The van der Waals surface area contributed by atoms with E-state index in [1.54, 1.807) is 0 Å². The maximum Gasteiger partial charge on any atom is 0.434 e. The van der Waals surface area contributed by atoms with Crippen LogP contribution in [0.3, 0.4) is 0 Å². The van der Waals surface area contributed by atoms with Gasteiger partial charge in [0, 0.05) is 12.0 Å². The Morgan fingerprint density at radius 3 is 2.56 bits per heavy atom. The van der Waals surface area contributed by atoms with Crippen molar-refractivity contribution < 1.29 is 27.9 Å². The van der Waals surface area contributed by atoms with Crippen LogP contribution in [-0.4, -0.2) is 21.8 Å². The molecule has 0 aromatic carbocycles. The molecule has 18 heavy (non-hydrogen) atoms. The van der Waals surface area contributed by atoms with Crippen LogP contribution < -0.4 is 0 Å². The van der Waals surface area contributed by atoms with Gasteiger partial charge in [-0.25, -0.2) is 9.78 Å². The van der Waals surface area contributed by atoms with Crippen LogP contribution in [0.1, 0.15) is 44.9 Å². The van der Waals surface area contributed by atoms with E-state index < -0.39 is 23.4 Å². The van der Waals surface area contributed by atoms with Crippen LogP contribution in [0.4, 0.5) is 13.2 Å². The van der Waals surface area contributed by atoms with Crippen molar-refractivity contribution in [3.8, 4) is 0 Å². The van der Waals surface area contributed by atoms with Gasteiger partial charge in [0.15, 0.2) is 11.5 Å². The summed E-state index contributed by atoms with van der Waals surface area (Å²) in [7, 11) is 0. The molecule has 0 saturated heterocycles. The number of alkyl halides is 3. The first-order valence-corrected chi connectivity index (χ1v) is 5.18. The zero-order valence-electron chi connectivity index (χ0n) is 9.04. The van der Waals surface area contributed by atoms with Crippen molar-refractivity contribution in [3.05, 3.63) is 28.6 Å². The summed E-state index contributed by atoms with van der Waals surface area (Å²) < 4.78 is 38.0. The summed E-state index contributed by atoms with van der Waals surface area (Å²) in [5.74, 6) is -2.10. The number of carbonyl (C=O) groups excluding carboxylic acids is 1. The zero-order chi connectivity index (χ0) is 13.5. The number of nitrogens with zero attached hydrogens (tertiary/aromatic N) is 1. The van der Waals surface area contributed by atoms with Crippen molar-refractivity contribution in [3.63, 3.8) is 0 Å². The van der Waals surface area contributed by atoms with E-state index in [1.165, 1.54) is 0 Å². The predicted octanol–water partition coefficient (Wildman–Crippen LogP) is 2.32. The Labute approximate surface area is 99.4 Å². The Morgan fingerprint density at radius 2 is 2.00 bits per heavy atom. The Kier molecular flexibility index (Phi) is 2.84. The molecule has 0 fully saturated rings. The highest BCUT2D eigenvalue weighted by Gasteiger charge is 2.39. The number of ketones is 1. The van der Waals surface area contributed by atoms with Crippen LogP contribution in [0.5, 0.6) is 0 Å². The lowest BCUT2D eigenvalue weighted by Gasteiger charge is -2.17. The summed E-state index contributed by atoms with van der Waals surface area (Å²) in [6.45, 7) is 0. The molecule has 0 radical (unpaired) electrons. The van der Waals surface area contributed by atoms with Gasteiger partial charge >= 0.3 is 12.1 Å². The molecule has 1 aliphatic carbocycles. The van der Waals surface area contributed by atoms with Crippen LogP contribution in [0, 0.1) is 0 Å². The Balaban J connectivity index is 2.68. The molecule has 2 rings (SSSR count). The maximum absolute atomic E-state index is 12.7. The fourth-order valence-electron chi connectivity index (χ4n) is 1.91. The van der Waals surface area contributed by atoms with Gasteiger partial charge in [0.1, 0.15) is 0 Å². The predicted molar refractivity (Wildman–Crippen MR) is 53.5 cm³/mol. The maximum atomic E-state index is 12.7. The molecule has 0 saturated carbocycles. The molecule has 0 aliphatic heterocycles. The van der Waals surface area contributed by atoms with Gasteiger partial charge in [0.25, 0.3) is 0 Å². The first-order chi connectivity index (χ1) is 8.30. The smallest absolute Gasteiger partial charge is 0.434 e. The van der Waals surface area contributed by atoms with Crippen molar-refractivity contribution in [1.82, 2.24) is 4.98 Å². The van der Waals surface area contributed by atoms with Crippen LogP contribution in [0.25, 0.3) is 0 Å². The number of halogens is 3. The molecule has 96 valence electrons. The van der Waals surface area contributed by atoms with Gasteiger partial charge in [-0.2, -0.15) is 13.2 Å². The van der Waals surface area contributed by atoms with E-state index in [0.717, 1.165) is 6.07 Å². The fourth-order valence-corrected chi connectivity index (χ4v) is 1.91. The summed E-state index contributed by atoms with van der Waals surface area (Å²) >= 11 is 0. The highest BCUT2D eigenvalue weighted by molar-refractivity contribution is 6.00. The quantitative estimate of drug-likeness (QED) is 0.840. The lowest BCUT2D eigenvalue weighted by Crippen LogP contribution is -2.21. The third-order valence-corrected chi connectivity index (χ3v) is 2.72. The molecular formula is C11H8F3NO3. The molecular weight excluding hydrogens is 251 g/mol. The summed E-state index contributed by atoms with van der Waals surface area (Å²) in [5, 5.41) is 8.77. The molecule has 1 aromatic heterocycles. The van der Waals surface area contributed by atoms with E-state index in [0.29, 0.717) is 6.42 Å². The normalized spacial score (nSPS) is 15.4. The monoisotopic (exact) mass is 259 g/mol. The van der Waals surface area contributed by atoms with Gasteiger partial charge in [-0.3, -0.25) is 4.79 Å². The average Bonchev–Trinajstić information content (AvgIpc) is 2.26. The number of hydrogen-bond donors (Lipinski definition) is 1. The Hall–Kier alpha value is -1.92. The number of hydrogen-bond acceptors (Lipinski definition) is 3.